The Morgan fingerprint density at radius 3 is 0.611 bits per heavy atom. The molecule has 11 aromatic rings. The monoisotopic (exact) mass is 1710 g/mol. The standard InChI is InChI=1S/C78H60F15IO9S5/c1-37-29-41(5)72(42(6)30-37)104(73-43(7)31-38(2)32-44(73)8,102-107(97,98)77-68(90)62(84)58(80)63(85)69(77)91)55-25-17-51(18-26-55)49-13-21-53(22-14-49)94(101-106(95,96)76-66(88)60(82)57(79)61(83)67(76)89)54-23-15-50(16-24-54)52-19-27-56(28-20-52)105(74-45(9)33-39(3)34-46(74)10,75-47(11)35-40(4)36-48(75)12)103-108(99,100)78-70(92)64(86)59(81)65(87)71(78)93/h13-36H,1-12H3. The van der Waals surface area contributed by atoms with E-state index in [1.807, 2.05) is 0 Å². The number of hydrogen-bond acceptors (Lipinski definition) is 9. The fourth-order valence-electron chi connectivity index (χ4n) is 13.6. The van der Waals surface area contributed by atoms with Crippen molar-refractivity contribution in [3.8, 4) is 22.3 Å². The molecule has 0 aliphatic rings. The van der Waals surface area contributed by atoms with Gasteiger partial charge in [0.2, 0.25) is 11.6 Å². The number of aryl methyl sites for hydroxylation is 12. The molecule has 0 aliphatic heterocycles. The molecular formula is C78H60F15IO9S5. The summed E-state index contributed by atoms with van der Waals surface area (Å²) in [5.74, 6) is -39.6. The van der Waals surface area contributed by atoms with E-state index < -0.39 is 173 Å². The zero-order valence-corrected chi connectivity index (χ0v) is 64.9. The van der Waals surface area contributed by atoms with E-state index in [2.05, 4.69) is 0 Å². The average molecular weight is 1710 g/mol. The van der Waals surface area contributed by atoms with E-state index in [-0.39, 0.29) is 36.5 Å². The van der Waals surface area contributed by atoms with Crippen molar-refractivity contribution < 1.29 is 101 Å². The maximum absolute atomic E-state index is 15.8. The van der Waals surface area contributed by atoms with E-state index in [1.165, 1.54) is 97.1 Å². The molecule has 0 radical (unpaired) electrons. The molecule has 0 bridgehead atoms. The third-order valence-corrected chi connectivity index (χ3v) is 36.4. The molecule has 0 unspecified atom stereocenters. The van der Waals surface area contributed by atoms with Gasteiger partial charge in [-0.1, -0.05) is 22.3 Å². The minimum atomic E-state index is -6.05. The molecule has 11 aromatic carbocycles. The molecule has 0 atom stereocenters. The van der Waals surface area contributed by atoms with Crippen LogP contribution in [-0.2, 0) is 40.1 Å². The van der Waals surface area contributed by atoms with Gasteiger partial charge in [0, 0.05) is 0 Å². The van der Waals surface area contributed by atoms with Gasteiger partial charge in [0.05, 0.1) is 0 Å². The molecule has 0 aliphatic carbocycles. The summed E-state index contributed by atoms with van der Waals surface area (Å²) in [7, 11) is -26.0. The molecule has 108 heavy (non-hydrogen) atoms. The van der Waals surface area contributed by atoms with E-state index in [0.29, 0.717) is 89.0 Å². The predicted molar refractivity (Wildman–Crippen MR) is 386 cm³/mol. The molecular weight excluding hydrogens is 1650 g/mol. The summed E-state index contributed by atoms with van der Waals surface area (Å²) in [6.07, 6.45) is 0. The molecule has 0 aromatic heterocycles. The van der Waals surface area contributed by atoms with Crippen LogP contribution in [0.2, 0.25) is 0 Å². The summed E-state index contributed by atoms with van der Waals surface area (Å²) in [6, 6.07) is 36.0. The minimum absolute atomic E-state index is 0.00140. The Hall–Kier alpha value is -8.47. The SMILES string of the molecule is Cc1cc(C)c(S(OS(=O)(=O)c2c(F)c(F)c(F)c(F)c2F)(c2ccc(-c3ccc(I(OS(=O)(=O)c4c(F)c(F)c(F)c(F)c4F)c4ccc(-c5ccc(S(OS(=O)(=O)c6c(F)c(F)c(F)c(F)c6F)(c6c(C)cc(C)cc6C)c6c(C)cc(C)cc6C)cc5)cc4)cc3)cc2)c2c(C)cc(C)cc2C)c(C)c1. The molecule has 30 heteroatoms. The van der Waals surface area contributed by atoms with Crippen molar-refractivity contribution in [3.63, 3.8) is 0 Å². The van der Waals surface area contributed by atoms with E-state index in [4.69, 9.17) is 9.77 Å². The van der Waals surface area contributed by atoms with Gasteiger partial charge in [0.15, 0.2) is 46.5 Å². The quantitative estimate of drug-likeness (QED) is 0.0336. The molecule has 0 N–H and O–H groups in total. The fourth-order valence-corrected chi connectivity index (χ4v) is 32.7. The first-order chi connectivity index (χ1) is 50.4. The van der Waals surface area contributed by atoms with Crippen molar-refractivity contribution in [2.24, 2.45) is 0 Å². The van der Waals surface area contributed by atoms with Crippen LogP contribution in [-0.4, -0.2) is 25.3 Å². The molecule has 0 spiro atoms. The zero-order valence-electron chi connectivity index (χ0n) is 58.6. The molecule has 0 saturated heterocycles. The number of benzene rings is 11. The Bertz CT molecular complexity index is 5330. The molecule has 0 saturated carbocycles. The Labute approximate surface area is 623 Å². The topological polar surface area (TPSA) is 130 Å². The third kappa shape index (κ3) is 14.0. The van der Waals surface area contributed by atoms with Crippen LogP contribution in [0, 0.1) is 177 Å². The molecule has 9 nitrogen and oxygen atoms in total. The van der Waals surface area contributed by atoms with Gasteiger partial charge in [-0.25, -0.2) is 43.9 Å². The first-order valence-electron chi connectivity index (χ1n) is 31.9. The Kier molecular flexibility index (Phi) is 22.2. The molecule has 0 fully saturated rings. The van der Waals surface area contributed by atoms with Gasteiger partial charge in [0.1, 0.15) is 0 Å². The first kappa shape index (κ1) is 80.5. The number of hydrogen-bond donors (Lipinski definition) is 0. The maximum atomic E-state index is 15.8. The van der Waals surface area contributed by atoms with E-state index in [1.54, 1.807) is 132 Å². The normalized spacial score (nSPS) is 12.8. The Morgan fingerprint density at radius 1 is 0.231 bits per heavy atom. The average Bonchev–Trinajstić information content (AvgIpc) is 0.714. The Morgan fingerprint density at radius 2 is 0.407 bits per heavy atom. The van der Waals surface area contributed by atoms with Gasteiger partial charge in [-0.05, 0) is 27.7 Å². The predicted octanol–water partition coefficient (Wildman–Crippen LogP) is 22.9. The molecule has 0 heterocycles. The number of halogens is 16. The summed E-state index contributed by atoms with van der Waals surface area (Å²) in [5.41, 5.74) is 7.09. The summed E-state index contributed by atoms with van der Waals surface area (Å²) in [5, 5.41) is 0. The third-order valence-electron chi connectivity index (χ3n) is 17.5. The summed E-state index contributed by atoms with van der Waals surface area (Å²) in [4.78, 5) is -6.08. The van der Waals surface area contributed by atoms with Crippen molar-refractivity contribution in [3.05, 3.63) is 307 Å². The van der Waals surface area contributed by atoms with Crippen LogP contribution in [0.4, 0.5) is 65.9 Å². The van der Waals surface area contributed by atoms with E-state index in [9.17, 15) is 47.2 Å². The van der Waals surface area contributed by atoms with Gasteiger partial charge in [-0.3, -0.25) is 0 Å². The van der Waals surface area contributed by atoms with Gasteiger partial charge >= 0.3 is 476 Å². The van der Waals surface area contributed by atoms with Crippen LogP contribution >= 0.6 is 40.9 Å². The second-order valence-electron chi connectivity index (χ2n) is 25.6. The van der Waals surface area contributed by atoms with Crippen LogP contribution in [0.15, 0.2) is 190 Å². The second-order valence-corrected chi connectivity index (χ2v) is 40.5. The van der Waals surface area contributed by atoms with Crippen molar-refractivity contribution in [1.82, 2.24) is 0 Å². The van der Waals surface area contributed by atoms with Crippen LogP contribution in [0.1, 0.15) is 66.8 Å². The summed E-state index contributed by atoms with van der Waals surface area (Å²) < 4.78 is 333. The second kappa shape index (κ2) is 29.7. The summed E-state index contributed by atoms with van der Waals surface area (Å²) in [6.45, 7) is 19.9. The molecule has 0 amide bonds. The summed E-state index contributed by atoms with van der Waals surface area (Å²) >= 11 is -4.35. The molecule has 11 rings (SSSR count). The van der Waals surface area contributed by atoms with Crippen molar-refractivity contribution in [2.45, 2.75) is 127 Å². The van der Waals surface area contributed by atoms with Crippen LogP contribution in [0.25, 0.3) is 22.3 Å². The Balaban J connectivity index is 1.04. The van der Waals surface area contributed by atoms with Crippen LogP contribution in [0.3, 0.4) is 0 Å². The zero-order chi connectivity index (χ0) is 79.4. The van der Waals surface area contributed by atoms with Crippen LogP contribution < -0.4 is 0 Å². The van der Waals surface area contributed by atoms with Gasteiger partial charge in [-0.15, -0.1) is 0 Å². The van der Waals surface area contributed by atoms with Gasteiger partial charge < -0.3 is 0 Å². The van der Waals surface area contributed by atoms with E-state index in [0.717, 1.165) is 0 Å². The first-order valence-corrected chi connectivity index (χ1v) is 42.3. The van der Waals surface area contributed by atoms with Gasteiger partial charge in [-0.2, -0.15) is 0 Å². The molecule has 568 valence electrons. The van der Waals surface area contributed by atoms with Gasteiger partial charge in [0.25, 0.3) is 0 Å². The van der Waals surface area contributed by atoms with E-state index >= 15 is 43.9 Å². The van der Waals surface area contributed by atoms with Crippen molar-refractivity contribution in [1.29, 1.82) is 0 Å². The number of rotatable bonds is 19. The van der Waals surface area contributed by atoms with Crippen molar-refractivity contribution in [2.75, 3.05) is 0 Å². The van der Waals surface area contributed by atoms with Crippen molar-refractivity contribution >= 4 is 71.2 Å². The fraction of sp³-hybridized carbons (Fsp3) is 0.154. The van der Waals surface area contributed by atoms with Crippen LogP contribution in [0.5, 0.6) is 0 Å².